The second-order valence-corrected chi connectivity index (χ2v) is 6.98. The van der Waals surface area contributed by atoms with E-state index in [9.17, 15) is 0 Å². The van der Waals surface area contributed by atoms with E-state index < -0.39 is 0 Å². The van der Waals surface area contributed by atoms with Gasteiger partial charge in [-0.3, -0.25) is 0 Å². The first-order valence-corrected chi connectivity index (χ1v) is 9.78. The Morgan fingerprint density at radius 1 is 0.333 bits per heavy atom. The van der Waals surface area contributed by atoms with Crippen LogP contribution in [0.25, 0.3) is 33.4 Å². The smallest absolute Gasteiger partial charge is 0.118 e. The summed E-state index contributed by atoms with van der Waals surface area (Å²) < 4.78 is 15.9. The van der Waals surface area contributed by atoms with Gasteiger partial charge in [0.05, 0.1) is 21.3 Å². The van der Waals surface area contributed by atoms with Gasteiger partial charge in [0.2, 0.25) is 0 Å². The Morgan fingerprint density at radius 2 is 0.567 bits per heavy atom. The highest BCUT2D eigenvalue weighted by atomic mass is 16.5. The van der Waals surface area contributed by atoms with E-state index in [1.807, 2.05) is 36.4 Å². The van der Waals surface area contributed by atoms with E-state index in [0.717, 1.165) is 50.6 Å². The zero-order valence-electron chi connectivity index (χ0n) is 17.4. The third-order valence-corrected chi connectivity index (χ3v) is 5.20. The number of methoxy groups -OCH3 is 3. The topological polar surface area (TPSA) is 27.7 Å². The highest BCUT2D eigenvalue weighted by Gasteiger charge is 2.08. The van der Waals surface area contributed by atoms with Crippen LogP contribution in [0.2, 0.25) is 0 Å². The second-order valence-electron chi connectivity index (χ2n) is 6.98. The zero-order chi connectivity index (χ0) is 20.9. The van der Waals surface area contributed by atoms with Crippen molar-refractivity contribution >= 4 is 0 Å². The third-order valence-electron chi connectivity index (χ3n) is 5.20. The van der Waals surface area contributed by atoms with Gasteiger partial charge in [0.15, 0.2) is 0 Å². The molecule has 0 radical (unpaired) electrons. The molecule has 0 atom stereocenters. The Kier molecular flexibility index (Phi) is 5.71. The largest absolute Gasteiger partial charge is 0.497 e. The van der Waals surface area contributed by atoms with Crippen LogP contribution in [0.4, 0.5) is 0 Å². The van der Waals surface area contributed by atoms with Crippen molar-refractivity contribution in [2.45, 2.75) is 0 Å². The Morgan fingerprint density at radius 3 is 0.767 bits per heavy atom. The Hall–Kier alpha value is -3.72. The minimum absolute atomic E-state index is 0.848. The molecule has 0 unspecified atom stereocenters. The lowest BCUT2D eigenvalue weighted by Crippen LogP contribution is -1.88. The number of hydrogen-bond donors (Lipinski definition) is 0. The van der Waals surface area contributed by atoms with Crippen molar-refractivity contribution in [2.24, 2.45) is 0 Å². The second kappa shape index (κ2) is 8.75. The van der Waals surface area contributed by atoms with E-state index in [2.05, 4.69) is 54.6 Å². The van der Waals surface area contributed by atoms with Gasteiger partial charge in [0, 0.05) is 0 Å². The molecular formula is C27H24O3. The molecule has 0 aliphatic heterocycles. The minimum atomic E-state index is 0.848. The normalized spacial score (nSPS) is 10.5. The maximum absolute atomic E-state index is 5.31. The van der Waals surface area contributed by atoms with Gasteiger partial charge < -0.3 is 14.2 Å². The molecule has 3 nitrogen and oxygen atoms in total. The fourth-order valence-electron chi connectivity index (χ4n) is 3.48. The molecular weight excluding hydrogens is 372 g/mol. The van der Waals surface area contributed by atoms with Crippen LogP contribution >= 0.6 is 0 Å². The predicted octanol–water partition coefficient (Wildman–Crippen LogP) is 6.71. The summed E-state index contributed by atoms with van der Waals surface area (Å²) in [5.41, 5.74) is 6.87. The molecule has 0 saturated heterocycles. The summed E-state index contributed by atoms with van der Waals surface area (Å²) in [5, 5.41) is 0. The minimum Gasteiger partial charge on any atom is -0.497 e. The number of ether oxygens (including phenoxy) is 3. The molecule has 0 aliphatic carbocycles. The van der Waals surface area contributed by atoms with Gasteiger partial charge in [-0.2, -0.15) is 0 Å². The third kappa shape index (κ3) is 4.15. The first-order valence-electron chi connectivity index (χ1n) is 9.78. The van der Waals surface area contributed by atoms with Gasteiger partial charge in [0.25, 0.3) is 0 Å². The van der Waals surface area contributed by atoms with Crippen LogP contribution in [0.5, 0.6) is 17.2 Å². The van der Waals surface area contributed by atoms with Crippen molar-refractivity contribution < 1.29 is 14.2 Å². The van der Waals surface area contributed by atoms with E-state index in [1.165, 1.54) is 0 Å². The number of rotatable bonds is 6. The van der Waals surface area contributed by atoms with Gasteiger partial charge in [-0.25, -0.2) is 0 Å². The van der Waals surface area contributed by atoms with Crippen LogP contribution in [0, 0.1) is 0 Å². The summed E-state index contributed by atoms with van der Waals surface area (Å²) in [6.45, 7) is 0. The lowest BCUT2D eigenvalue weighted by atomic mass is 9.93. The van der Waals surface area contributed by atoms with Crippen molar-refractivity contribution in [3.05, 3.63) is 91.0 Å². The van der Waals surface area contributed by atoms with Crippen LogP contribution in [0.1, 0.15) is 0 Å². The Bertz CT molecular complexity index is 954. The molecule has 0 amide bonds. The van der Waals surface area contributed by atoms with Crippen LogP contribution in [-0.2, 0) is 0 Å². The van der Waals surface area contributed by atoms with Crippen LogP contribution in [0.15, 0.2) is 91.0 Å². The molecule has 4 aromatic carbocycles. The first kappa shape index (κ1) is 19.6. The van der Waals surface area contributed by atoms with Gasteiger partial charge >= 0.3 is 0 Å². The van der Waals surface area contributed by atoms with Crippen molar-refractivity contribution in [3.8, 4) is 50.6 Å². The SMILES string of the molecule is COc1ccc(-c2cc(-c3ccc(OC)cc3)cc(-c3ccc(OC)cc3)c2)cc1. The summed E-state index contributed by atoms with van der Waals surface area (Å²) >= 11 is 0. The predicted molar refractivity (Wildman–Crippen MR) is 122 cm³/mol. The summed E-state index contributed by atoms with van der Waals surface area (Å²) in [7, 11) is 5.04. The molecule has 3 heteroatoms. The number of benzene rings is 4. The lowest BCUT2D eigenvalue weighted by molar-refractivity contribution is 0.415. The molecule has 0 saturated carbocycles. The first-order chi connectivity index (χ1) is 14.7. The Balaban J connectivity index is 1.83. The van der Waals surface area contributed by atoms with Crippen molar-refractivity contribution in [1.29, 1.82) is 0 Å². The number of hydrogen-bond acceptors (Lipinski definition) is 3. The fraction of sp³-hybridized carbons (Fsp3) is 0.111. The molecule has 0 bridgehead atoms. The molecule has 30 heavy (non-hydrogen) atoms. The van der Waals surface area contributed by atoms with Gasteiger partial charge in [-0.05, 0) is 88.0 Å². The molecule has 0 aliphatic rings. The summed E-state index contributed by atoms with van der Waals surface area (Å²) in [5.74, 6) is 2.54. The van der Waals surface area contributed by atoms with Crippen molar-refractivity contribution in [1.82, 2.24) is 0 Å². The summed E-state index contributed by atoms with van der Waals surface area (Å²) in [6.07, 6.45) is 0. The zero-order valence-corrected chi connectivity index (χ0v) is 17.4. The van der Waals surface area contributed by atoms with Crippen molar-refractivity contribution in [2.75, 3.05) is 21.3 Å². The van der Waals surface area contributed by atoms with Crippen LogP contribution in [0.3, 0.4) is 0 Å². The Labute approximate surface area is 177 Å². The quantitative estimate of drug-likeness (QED) is 0.362. The highest BCUT2D eigenvalue weighted by molar-refractivity contribution is 5.81. The van der Waals surface area contributed by atoms with E-state index in [-0.39, 0.29) is 0 Å². The van der Waals surface area contributed by atoms with Gasteiger partial charge in [-0.15, -0.1) is 0 Å². The van der Waals surface area contributed by atoms with Crippen molar-refractivity contribution in [3.63, 3.8) is 0 Å². The standard InChI is InChI=1S/C27H24O3/c1-28-25-10-4-19(5-11-25)22-16-23(20-6-12-26(29-2)13-7-20)18-24(17-22)21-8-14-27(30-3)15-9-21/h4-18H,1-3H3. The molecule has 0 spiro atoms. The van der Waals surface area contributed by atoms with E-state index in [0.29, 0.717) is 0 Å². The van der Waals surface area contributed by atoms with E-state index in [4.69, 9.17) is 14.2 Å². The van der Waals surface area contributed by atoms with E-state index in [1.54, 1.807) is 21.3 Å². The van der Waals surface area contributed by atoms with Crippen LogP contribution < -0.4 is 14.2 Å². The molecule has 4 rings (SSSR count). The average Bonchev–Trinajstić information content (AvgIpc) is 2.84. The maximum atomic E-state index is 5.31. The van der Waals surface area contributed by atoms with Crippen LogP contribution in [-0.4, -0.2) is 21.3 Å². The van der Waals surface area contributed by atoms with Gasteiger partial charge in [0.1, 0.15) is 17.2 Å². The molecule has 0 heterocycles. The monoisotopic (exact) mass is 396 g/mol. The molecule has 4 aromatic rings. The highest BCUT2D eigenvalue weighted by Crippen LogP contribution is 2.34. The van der Waals surface area contributed by atoms with E-state index >= 15 is 0 Å². The fourth-order valence-corrected chi connectivity index (χ4v) is 3.48. The molecule has 0 N–H and O–H groups in total. The van der Waals surface area contributed by atoms with Gasteiger partial charge in [-0.1, -0.05) is 36.4 Å². The maximum Gasteiger partial charge on any atom is 0.118 e. The lowest BCUT2D eigenvalue weighted by Gasteiger charge is -2.12. The molecule has 0 aromatic heterocycles. The summed E-state index contributed by atoms with van der Waals surface area (Å²) in [4.78, 5) is 0. The average molecular weight is 396 g/mol. The molecule has 0 fully saturated rings. The molecule has 150 valence electrons. The summed E-state index contributed by atoms with van der Waals surface area (Å²) in [6, 6.07) is 31.1.